The average molecular weight is 347 g/mol. The first kappa shape index (κ1) is 16.7. The Morgan fingerprint density at radius 2 is 2.33 bits per heavy atom. The lowest BCUT2D eigenvalue weighted by Gasteiger charge is -2.32. The van der Waals surface area contributed by atoms with Crippen LogP contribution >= 0.6 is 11.3 Å². The van der Waals surface area contributed by atoms with Crippen molar-refractivity contribution in [3.8, 4) is 0 Å². The number of hydrogen-bond donors (Lipinski definition) is 2. The summed E-state index contributed by atoms with van der Waals surface area (Å²) in [5, 5.41) is 8.79. The van der Waals surface area contributed by atoms with Gasteiger partial charge in [0.2, 0.25) is 5.91 Å². The number of nitrogens with one attached hydrogen (secondary N) is 1. The Kier molecular flexibility index (Phi) is 4.96. The lowest BCUT2D eigenvalue weighted by molar-refractivity contribution is 0.0954. The van der Waals surface area contributed by atoms with Crippen molar-refractivity contribution in [3.05, 3.63) is 39.8 Å². The number of likely N-dealkylation sites (tertiary alicyclic amines) is 1. The molecule has 7 nitrogen and oxygen atoms in total. The normalized spacial score (nSPS) is 18.5. The molecule has 2 aromatic rings. The van der Waals surface area contributed by atoms with Crippen molar-refractivity contribution in [2.24, 2.45) is 5.73 Å². The van der Waals surface area contributed by atoms with Crippen LogP contribution in [0.25, 0.3) is 0 Å². The van der Waals surface area contributed by atoms with Gasteiger partial charge >= 0.3 is 0 Å². The smallest absolute Gasteiger partial charge is 0.271 e. The number of rotatable bonds is 5. The zero-order chi connectivity index (χ0) is 17.1. The highest BCUT2D eigenvalue weighted by molar-refractivity contribution is 7.10. The van der Waals surface area contributed by atoms with E-state index in [1.54, 1.807) is 24.5 Å². The van der Waals surface area contributed by atoms with E-state index in [-0.39, 0.29) is 17.9 Å². The molecule has 0 spiro atoms. The van der Waals surface area contributed by atoms with Crippen LogP contribution in [0.15, 0.2) is 23.7 Å². The van der Waals surface area contributed by atoms with E-state index in [4.69, 9.17) is 5.73 Å². The maximum atomic E-state index is 11.6. The van der Waals surface area contributed by atoms with Gasteiger partial charge in [-0.2, -0.15) is 5.10 Å². The minimum Gasteiger partial charge on any atom is -0.366 e. The topological polar surface area (TPSA) is 93.3 Å². The number of piperidine rings is 1. The summed E-state index contributed by atoms with van der Waals surface area (Å²) in [5.74, 6) is -0.550. The number of thiophene rings is 1. The van der Waals surface area contributed by atoms with Gasteiger partial charge in [-0.3, -0.25) is 19.2 Å². The van der Waals surface area contributed by atoms with Crippen molar-refractivity contribution in [2.45, 2.75) is 25.4 Å². The van der Waals surface area contributed by atoms with Gasteiger partial charge in [0.1, 0.15) is 5.69 Å². The van der Waals surface area contributed by atoms with Gasteiger partial charge in [0.15, 0.2) is 0 Å². The molecule has 0 bridgehead atoms. The van der Waals surface area contributed by atoms with Crippen LogP contribution in [0, 0.1) is 0 Å². The number of aromatic nitrogens is 2. The molecule has 1 aliphatic rings. The number of carbonyl (C=O) groups excluding carboxylic acids is 2. The SMILES string of the molecule is CNC(=O)c1ccn([C@@H]2CCCN(Cc3cc(C(N)=O)cs3)C2)n1. The molecular weight excluding hydrogens is 326 g/mol. The summed E-state index contributed by atoms with van der Waals surface area (Å²) in [4.78, 5) is 26.3. The number of carbonyl (C=O) groups is 2. The maximum Gasteiger partial charge on any atom is 0.271 e. The Morgan fingerprint density at radius 1 is 1.50 bits per heavy atom. The molecule has 1 saturated heterocycles. The fourth-order valence-electron chi connectivity index (χ4n) is 2.99. The largest absolute Gasteiger partial charge is 0.366 e. The third-order valence-electron chi connectivity index (χ3n) is 4.24. The zero-order valence-corrected chi connectivity index (χ0v) is 14.4. The van der Waals surface area contributed by atoms with Crippen molar-refractivity contribution in [1.82, 2.24) is 20.0 Å². The van der Waals surface area contributed by atoms with E-state index in [9.17, 15) is 9.59 Å². The molecule has 2 aromatic heterocycles. The average Bonchev–Trinajstić information content (AvgIpc) is 3.24. The van der Waals surface area contributed by atoms with Crippen LogP contribution in [0.2, 0.25) is 0 Å². The summed E-state index contributed by atoms with van der Waals surface area (Å²) in [5.41, 5.74) is 6.32. The molecular formula is C16H21N5O2S. The van der Waals surface area contributed by atoms with E-state index in [1.807, 2.05) is 22.3 Å². The Bertz CT molecular complexity index is 738. The van der Waals surface area contributed by atoms with Crippen molar-refractivity contribution in [1.29, 1.82) is 0 Å². The molecule has 0 unspecified atom stereocenters. The van der Waals surface area contributed by atoms with Crippen molar-refractivity contribution in [3.63, 3.8) is 0 Å². The van der Waals surface area contributed by atoms with Gasteiger partial charge in [0, 0.05) is 36.6 Å². The first-order valence-corrected chi connectivity index (χ1v) is 8.81. The molecule has 1 fully saturated rings. The molecule has 0 radical (unpaired) electrons. The molecule has 1 atom stereocenters. The van der Waals surface area contributed by atoms with E-state index < -0.39 is 0 Å². The van der Waals surface area contributed by atoms with Crippen LogP contribution in [0.5, 0.6) is 0 Å². The van der Waals surface area contributed by atoms with Crippen LogP contribution in [0.3, 0.4) is 0 Å². The van der Waals surface area contributed by atoms with Crippen molar-refractivity contribution < 1.29 is 9.59 Å². The molecule has 0 aromatic carbocycles. The second kappa shape index (κ2) is 7.14. The Balaban J connectivity index is 1.64. The number of amides is 2. The van der Waals surface area contributed by atoms with Gasteiger partial charge in [-0.15, -0.1) is 11.3 Å². The lowest BCUT2D eigenvalue weighted by atomic mass is 10.1. The molecule has 1 aliphatic heterocycles. The predicted octanol–water partition coefficient (Wildman–Crippen LogP) is 1.24. The highest BCUT2D eigenvalue weighted by Crippen LogP contribution is 2.24. The molecule has 0 saturated carbocycles. The summed E-state index contributed by atoms with van der Waals surface area (Å²) in [6.07, 6.45) is 3.99. The van der Waals surface area contributed by atoms with E-state index in [0.29, 0.717) is 11.3 Å². The van der Waals surface area contributed by atoms with Crippen LogP contribution in [-0.4, -0.2) is 46.6 Å². The van der Waals surface area contributed by atoms with Crippen LogP contribution in [0.1, 0.15) is 44.6 Å². The molecule has 3 heterocycles. The molecule has 8 heteroatoms. The maximum absolute atomic E-state index is 11.6. The van der Waals surface area contributed by atoms with Crippen molar-refractivity contribution >= 4 is 23.2 Å². The predicted molar refractivity (Wildman–Crippen MR) is 92.0 cm³/mol. The second-order valence-electron chi connectivity index (χ2n) is 5.96. The van der Waals surface area contributed by atoms with Gasteiger partial charge in [-0.1, -0.05) is 0 Å². The molecule has 24 heavy (non-hydrogen) atoms. The molecule has 3 rings (SSSR count). The summed E-state index contributed by atoms with van der Waals surface area (Å²) >= 11 is 1.56. The molecule has 3 N–H and O–H groups in total. The van der Waals surface area contributed by atoms with Gasteiger partial charge in [-0.05, 0) is 31.5 Å². The number of primary amides is 1. The molecule has 2 amide bonds. The Labute approximate surface area is 144 Å². The monoisotopic (exact) mass is 347 g/mol. The van der Waals surface area contributed by atoms with Crippen molar-refractivity contribution in [2.75, 3.05) is 20.1 Å². The van der Waals surface area contributed by atoms with Crippen LogP contribution < -0.4 is 11.1 Å². The molecule has 128 valence electrons. The Morgan fingerprint density at radius 3 is 3.04 bits per heavy atom. The van der Waals surface area contributed by atoms with E-state index >= 15 is 0 Å². The standard InChI is InChI=1S/C16H21N5O2S/c1-18-16(23)14-4-6-21(19-14)12-3-2-5-20(8-12)9-13-7-11(10-24-13)15(17)22/h4,6-7,10,12H,2-3,5,8-9H2,1H3,(H2,17,22)(H,18,23)/t12-/m1/s1. The zero-order valence-electron chi connectivity index (χ0n) is 13.6. The van der Waals surface area contributed by atoms with Gasteiger partial charge in [0.25, 0.3) is 5.91 Å². The second-order valence-corrected chi connectivity index (χ2v) is 6.95. The number of hydrogen-bond acceptors (Lipinski definition) is 5. The molecule has 0 aliphatic carbocycles. The van der Waals surface area contributed by atoms with E-state index in [0.717, 1.165) is 37.4 Å². The van der Waals surface area contributed by atoms with Gasteiger partial charge < -0.3 is 11.1 Å². The highest BCUT2D eigenvalue weighted by atomic mass is 32.1. The Hall–Kier alpha value is -2.19. The first-order chi connectivity index (χ1) is 11.6. The minimum atomic E-state index is -0.382. The third-order valence-corrected chi connectivity index (χ3v) is 5.16. The quantitative estimate of drug-likeness (QED) is 0.851. The fourth-order valence-corrected chi connectivity index (χ4v) is 3.91. The number of nitrogens with zero attached hydrogens (tertiary/aromatic N) is 3. The first-order valence-electron chi connectivity index (χ1n) is 7.93. The summed E-state index contributed by atoms with van der Waals surface area (Å²) in [6, 6.07) is 3.87. The van der Waals surface area contributed by atoms with Crippen LogP contribution in [0.4, 0.5) is 0 Å². The summed E-state index contributed by atoms with van der Waals surface area (Å²) in [7, 11) is 1.60. The highest BCUT2D eigenvalue weighted by Gasteiger charge is 2.23. The van der Waals surface area contributed by atoms with E-state index in [2.05, 4.69) is 15.3 Å². The third kappa shape index (κ3) is 3.65. The minimum absolute atomic E-state index is 0.168. The van der Waals surface area contributed by atoms with E-state index in [1.165, 1.54) is 0 Å². The summed E-state index contributed by atoms with van der Waals surface area (Å²) in [6.45, 7) is 2.70. The number of nitrogens with two attached hydrogens (primary N) is 1. The van der Waals surface area contributed by atoms with Gasteiger partial charge in [0.05, 0.1) is 11.6 Å². The van der Waals surface area contributed by atoms with Gasteiger partial charge in [-0.25, -0.2) is 0 Å². The lowest BCUT2D eigenvalue weighted by Crippen LogP contribution is -2.36. The van der Waals surface area contributed by atoms with Crippen LogP contribution in [-0.2, 0) is 6.54 Å². The summed E-state index contributed by atoms with van der Waals surface area (Å²) < 4.78 is 1.89. The fraction of sp³-hybridized carbons (Fsp3) is 0.438.